The van der Waals surface area contributed by atoms with E-state index >= 15 is 0 Å². The molecule has 5 heteroatoms. The highest BCUT2D eigenvalue weighted by molar-refractivity contribution is 5.85. The zero-order chi connectivity index (χ0) is 16.1. The normalized spacial score (nSPS) is 32.0. The molecule has 68 valence electrons. The molecule has 0 aromatic rings. The van der Waals surface area contributed by atoms with E-state index in [0.717, 1.165) is 0 Å². The Labute approximate surface area is 85.0 Å². The summed E-state index contributed by atoms with van der Waals surface area (Å²) in [7, 11) is 0. The van der Waals surface area contributed by atoms with Gasteiger partial charge in [0, 0.05) is 11.0 Å². The predicted octanol–water partition coefficient (Wildman–Crippen LogP) is -0.0509. The standard InChI is InChI=1S/C6H14N2O2.ClH/c7-4-2-1-3-5(8)6(9)10;/h5H,1-4,7-8H2,(H,9,10);1H/t5-;/m1./s1/i1D2,2D2,3D2,4D2,5D;. The monoisotopic (exact) mass is 191 g/mol. The molecule has 0 aliphatic carbocycles. The van der Waals surface area contributed by atoms with Crippen LogP contribution in [0.4, 0.5) is 0 Å². The van der Waals surface area contributed by atoms with Crippen LogP contribution in [0.2, 0.25) is 0 Å². The number of carboxylic acid groups (broad SMARTS) is 1. The van der Waals surface area contributed by atoms with E-state index in [9.17, 15) is 4.79 Å². The molecule has 0 heterocycles. The molecule has 0 radical (unpaired) electrons. The van der Waals surface area contributed by atoms with Crippen molar-refractivity contribution in [2.75, 3.05) is 6.50 Å². The zero-order valence-electron chi connectivity index (χ0n) is 14.4. The second kappa shape index (κ2) is 7.78. The van der Waals surface area contributed by atoms with Crippen LogP contribution in [0.25, 0.3) is 0 Å². The van der Waals surface area contributed by atoms with Gasteiger partial charge in [0.15, 0.2) is 0 Å². The largest absolute Gasteiger partial charge is 0.480 e. The van der Waals surface area contributed by atoms with E-state index in [1.165, 1.54) is 0 Å². The van der Waals surface area contributed by atoms with Gasteiger partial charge in [-0.3, -0.25) is 4.79 Å². The molecule has 11 heavy (non-hydrogen) atoms. The van der Waals surface area contributed by atoms with Crippen LogP contribution in [0, 0.1) is 0 Å². The number of rotatable bonds is 5. The molecule has 0 unspecified atom stereocenters. The van der Waals surface area contributed by atoms with Gasteiger partial charge in [0.25, 0.3) is 0 Å². The van der Waals surface area contributed by atoms with Crippen molar-refractivity contribution in [3.8, 4) is 0 Å². The Morgan fingerprint density at radius 3 is 2.64 bits per heavy atom. The van der Waals surface area contributed by atoms with Crippen molar-refractivity contribution in [3.05, 3.63) is 0 Å². The van der Waals surface area contributed by atoms with Crippen molar-refractivity contribution in [2.45, 2.75) is 25.1 Å². The Morgan fingerprint density at radius 1 is 1.73 bits per heavy atom. The van der Waals surface area contributed by atoms with E-state index in [1.54, 1.807) is 0 Å². The third-order valence-electron chi connectivity index (χ3n) is 0.562. The number of hydrogen-bond donors (Lipinski definition) is 3. The van der Waals surface area contributed by atoms with E-state index in [2.05, 4.69) is 0 Å². The minimum Gasteiger partial charge on any atom is -0.480 e. The maximum Gasteiger partial charge on any atom is 0.320 e. The van der Waals surface area contributed by atoms with Gasteiger partial charge in [-0.05, 0) is 19.2 Å². The minimum atomic E-state index is -3.78. The average Bonchev–Trinajstić information content (AvgIpc) is 2.14. The second-order valence-corrected chi connectivity index (χ2v) is 1.24. The van der Waals surface area contributed by atoms with E-state index in [0.29, 0.717) is 0 Å². The number of aliphatic carboxylic acids is 1. The van der Waals surface area contributed by atoms with E-state index in [4.69, 9.17) is 28.9 Å². The van der Waals surface area contributed by atoms with Crippen molar-refractivity contribution < 1.29 is 22.2 Å². The lowest BCUT2D eigenvalue weighted by atomic mass is 10.1. The highest BCUT2D eigenvalue weighted by Crippen LogP contribution is 1.96. The first-order chi connectivity index (χ1) is 7.94. The molecule has 0 bridgehead atoms. The summed E-state index contributed by atoms with van der Waals surface area (Å²) in [4.78, 5) is 10.7. The quantitative estimate of drug-likeness (QED) is 0.569. The maximum atomic E-state index is 10.7. The Kier molecular flexibility index (Phi) is 2.27. The van der Waals surface area contributed by atoms with Crippen LogP contribution < -0.4 is 11.5 Å². The minimum absolute atomic E-state index is 0. The summed E-state index contributed by atoms with van der Waals surface area (Å²) in [6.07, 6.45) is -11.2. The fourth-order valence-electron chi connectivity index (χ4n) is 0.188. The smallest absolute Gasteiger partial charge is 0.320 e. The molecule has 0 saturated heterocycles. The van der Waals surface area contributed by atoms with E-state index in [1.807, 2.05) is 0 Å². The Balaban J connectivity index is 0. The number of nitrogens with two attached hydrogens (primary N) is 2. The van der Waals surface area contributed by atoms with Gasteiger partial charge in [-0.15, -0.1) is 12.4 Å². The molecule has 4 nitrogen and oxygen atoms in total. The average molecular weight is 192 g/mol. The second-order valence-electron chi connectivity index (χ2n) is 1.24. The molecule has 0 fully saturated rings. The molecule has 0 aliphatic rings. The molecule has 0 aromatic heterocycles. The van der Waals surface area contributed by atoms with Crippen molar-refractivity contribution in [1.29, 1.82) is 0 Å². The summed E-state index contributed by atoms with van der Waals surface area (Å²) in [6.45, 7) is -3.32. The molecule has 0 aliphatic heterocycles. The van der Waals surface area contributed by atoms with Gasteiger partial charge >= 0.3 is 5.97 Å². The molecule has 0 spiro atoms. The fourth-order valence-corrected chi connectivity index (χ4v) is 0.188. The fraction of sp³-hybridized carbons (Fsp3) is 0.833. The van der Waals surface area contributed by atoms with Crippen LogP contribution >= 0.6 is 12.4 Å². The van der Waals surface area contributed by atoms with Gasteiger partial charge in [-0.1, -0.05) is 6.37 Å². The van der Waals surface area contributed by atoms with Crippen molar-refractivity contribution in [3.63, 3.8) is 0 Å². The Bertz CT molecular complexity index is 381. The summed E-state index contributed by atoms with van der Waals surface area (Å²) in [5.74, 6) is -2.23. The number of halogens is 1. The summed E-state index contributed by atoms with van der Waals surface area (Å²) in [5.41, 5.74) is 9.70. The van der Waals surface area contributed by atoms with Crippen molar-refractivity contribution in [1.82, 2.24) is 0 Å². The predicted molar refractivity (Wildman–Crippen MR) is 45.8 cm³/mol. The number of hydrogen-bond acceptors (Lipinski definition) is 3. The Hall–Kier alpha value is -0.320. The van der Waals surface area contributed by atoms with Crippen LogP contribution in [-0.4, -0.2) is 23.6 Å². The zero-order valence-corrected chi connectivity index (χ0v) is 6.23. The van der Waals surface area contributed by atoms with Gasteiger partial charge < -0.3 is 16.6 Å². The lowest BCUT2D eigenvalue weighted by Gasteiger charge is -2.03. The van der Waals surface area contributed by atoms with E-state index in [-0.39, 0.29) is 12.4 Å². The molecule has 0 rings (SSSR count). The summed E-state index contributed by atoms with van der Waals surface area (Å²) in [5, 5.41) is 8.64. The van der Waals surface area contributed by atoms with Crippen LogP contribution in [0.5, 0.6) is 0 Å². The lowest BCUT2D eigenvalue weighted by molar-refractivity contribution is -0.138. The van der Waals surface area contributed by atoms with Gasteiger partial charge in [-0.2, -0.15) is 0 Å². The molecule has 1 atom stereocenters. The van der Waals surface area contributed by atoms with Gasteiger partial charge in [-0.25, -0.2) is 0 Å². The molecule has 0 saturated carbocycles. The summed E-state index contributed by atoms with van der Waals surface area (Å²) >= 11 is 0. The summed E-state index contributed by atoms with van der Waals surface area (Å²) < 4.78 is 65.1. The Morgan fingerprint density at radius 2 is 2.27 bits per heavy atom. The SMILES string of the molecule is Cl.[2H]C([2H])(N)C([2H])([2H])C([2H])([2H])C([2H])([2H])[C@@]([2H])(N)C(=O)O. The first-order valence-electron chi connectivity index (χ1n) is 6.76. The molecular formula is C6H15ClN2O2. The molecule has 0 aromatic carbocycles. The lowest BCUT2D eigenvalue weighted by Crippen LogP contribution is -2.29. The number of carbonyl (C=O) groups is 1. The topological polar surface area (TPSA) is 89.3 Å². The van der Waals surface area contributed by atoms with Crippen molar-refractivity contribution in [2.24, 2.45) is 11.5 Å². The molecule has 5 N–H and O–H groups in total. The van der Waals surface area contributed by atoms with Crippen LogP contribution in [0.3, 0.4) is 0 Å². The van der Waals surface area contributed by atoms with Crippen LogP contribution in [-0.2, 0) is 4.79 Å². The first kappa shape index (κ1) is 3.20. The van der Waals surface area contributed by atoms with Gasteiger partial charge in [0.2, 0.25) is 0 Å². The highest BCUT2D eigenvalue weighted by atomic mass is 35.5. The van der Waals surface area contributed by atoms with Crippen molar-refractivity contribution >= 4 is 18.4 Å². The number of carboxylic acids is 1. The van der Waals surface area contributed by atoms with Crippen LogP contribution in [0.1, 0.15) is 31.5 Å². The summed E-state index contributed by atoms with van der Waals surface area (Å²) in [6, 6.07) is -3.53. The third kappa shape index (κ3) is 7.58. The van der Waals surface area contributed by atoms with Crippen LogP contribution in [0.15, 0.2) is 0 Å². The highest BCUT2D eigenvalue weighted by Gasteiger charge is 2.09. The molecule has 0 amide bonds. The van der Waals surface area contributed by atoms with Gasteiger partial charge in [0.1, 0.15) is 6.02 Å². The maximum absolute atomic E-state index is 10.7. The van der Waals surface area contributed by atoms with E-state index < -0.39 is 37.6 Å². The third-order valence-corrected chi connectivity index (χ3v) is 0.562. The van der Waals surface area contributed by atoms with Gasteiger partial charge in [0.05, 0.1) is 1.37 Å². The first-order valence-corrected chi connectivity index (χ1v) is 2.26. The molecular weight excluding hydrogens is 168 g/mol.